The van der Waals surface area contributed by atoms with Crippen molar-refractivity contribution < 1.29 is 4.39 Å². The molecule has 1 atom stereocenters. The lowest BCUT2D eigenvalue weighted by atomic mass is 10.1. The fourth-order valence-corrected chi connectivity index (χ4v) is 3.43. The third-order valence-corrected chi connectivity index (χ3v) is 3.98. The van der Waals surface area contributed by atoms with Crippen LogP contribution in [0.2, 0.25) is 0 Å². The quantitative estimate of drug-likeness (QED) is 0.622. The van der Waals surface area contributed by atoms with E-state index in [9.17, 15) is 4.39 Å². The number of benzene rings is 1. The molecule has 1 aromatic carbocycles. The molecular formula is C11H9BrFIN2. The van der Waals surface area contributed by atoms with E-state index in [-0.39, 0.29) is 10.6 Å². The number of alkyl halides is 1. The third kappa shape index (κ3) is 2.82. The molecule has 5 heteroatoms. The molecule has 1 unspecified atom stereocenters. The van der Waals surface area contributed by atoms with E-state index in [1.165, 1.54) is 12.1 Å². The monoisotopic (exact) mass is 394 g/mol. The Hall–Kier alpha value is -0.430. The SMILES string of the molecule is Fc1ccc(C(Br)Cc2ncc[nH]2)c(I)c1. The molecule has 0 radical (unpaired) electrons. The van der Waals surface area contributed by atoms with Crippen molar-refractivity contribution in [3.63, 3.8) is 0 Å². The van der Waals surface area contributed by atoms with Gasteiger partial charge in [-0.15, -0.1) is 0 Å². The van der Waals surface area contributed by atoms with Crippen LogP contribution in [0.3, 0.4) is 0 Å². The highest BCUT2D eigenvalue weighted by molar-refractivity contribution is 14.1. The van der Waals surface area contributed by atoms with Crippen molar-refractivity contribution in [1.82, 2.24) is 9.97 Å². The summed E-state index contributed by atoms with van der Waals surface area (Å²) in [6, 6.07) is 4.82. The Labute approximate surface area is 115 Å². The lowest BCUT2D eigenvalue weighted by molar-refractivity contribution is 0.625. The minimum atomic E-state index is -0.203. The van der Waals surface area contributed by atoms with Crippen LogP contribution in [0.4, 0.5) is 4.39 Å². The second-order valence-corrected chi connectivity index (χ2v) is 5.64. The zero-order valence-corrected chi connectivity index (χ0v) is 12.0. The van der Waals surface area contributed by atoms with Gasteiger partial charge in [0.05, 0.1) is 0 Å². The van der Waals surface area contributed by atoms with E-state index >= 15 is 0 Å². The Morgan fingerprint density at radius 2 is 2.31 bits per heavy atom. The molecule has 0 aliphatic heterocycles. The van der Waals surface area contributed by atoms with Crippen LogP contribution in [0.5, 0.6) is 0 Å². The van der Waals surface area contributed by atoms with Gasteiger partial charge in [-0.05, 0) is 40.3 Å². The fraction of sp³-hybridized carbons (Fsp3) is 0.182. The number of halogens is 3. The van der Waals surface area contributed by atoms with Gasteiger partial charge in [0.15, 0.2) is 0 Å². The van der Waals surface area contributed by atoms with E-state index in [0.29, 0.717) is 0 Å². The number of nitrogens with one attached hydrogen (secondary N) is 1. The largest absolute Gasteiger partial charge is 0.349 e. The topological polar surface area (TPSA) is 28.7 Å². The first-order valence-electron chi connectivity index (χ1n) is 4.74. The van der Waals surface area contributed by atoms with E-state index in [2.05, 4.69) is 48.5 Å². The lowest BCUT2D eigenvalue weighted by Crippen LogP contribution is -2.00. The van der Waals surface area contributed by atoms with Gasteiger partial charge in [0.2, 0.25) is 0 Å². The van der Waals surface area contributed by atoms with Crippen molar-refractivity contribution in [3.8, 4) is 0 Å². The van der Waals surface area contributed by atoms with Crippen LogP contribution in [0.15, 0.2) is 30.6 Å². The molecule has 2 rings (SSSR count). The Balaban J connectivity index is 2.17. The summed E-state index contributed by atoms with van der Waals surface area (Å²) in [6.07, 6.45) is 4.28. The average molecular weight is 395 g/mol. The Morgan fingerprint density at radius 3 is 2.94 bits per heavy atom. The predicted molar refractivity (Wildman–Crippen MR) is 73.1 cm³/mol. The van der Waals surface area contributed by atoms with Gasteiger partial charge in [-0.25, -0.2) is 9.37 Å². The molecule has 1 N–H and O–H groups in total. The van der Waals surface area contributed by atoms with Crippen LogP contribution in [-0.2, 0) is 6.42 Å². The number of hydrogen-bond acceptors (Lipinski definition) is 1. The van der Waals surface area contributed by atoms with Crippen LogP contribution in [-0.4, -0.2) is 9.97 Å². The van der Waals surface area contributed by atoms with E-state index in [0.717, 1.165) is 21.4 Å². The molecular weight excluding hydrogens is 386 g/mol. The van der Waals surface area contributed by atoms with E-state index in [1.54, 1.807) is 18.5 Å². The Bertz CT molecular complexity index is 473. The summed E-state index contributed by atoms with van der Waals surface area (Å²) in [5, 5.41) is 0. The highest BCUT2D eigenvalue weighted by Gasteiger charge is 2.13. The molecule has 0 amide bonds. The minimum absolute atomic E-state index is 0.145. The number of H-pyrrole nitrogens is 1. The number of nitrogens with zero attached hydrogens (tertiary/aromatic N) is 1. The summed E-state index contributed by atoms with van der Waals surface area (Å²) in [6.45, 7) is 0. The number of hydrogen-bond donors (Lipinski definition) is 1. The Morgan fingerprint density at radius 1 is 1.50 bits per heavy atom. The summed E-state index contributed by atoms with van der Waals surface area (Å²) in [5.41, 5.74) is 1.08. The van der Waals surface area contributed by atoms with Gasteiger partial charge in [-0.2, -0.15) is 0 Å². The third-order valence-electron chi connectivity index (χ3n) is 2.23. The molecule has 2 aromatic rings. The smallest absolute Gasteiger partial charge is 0.124 e. The zero-order valence-electron chi connectivity index (χ0n) is 8.25. The molecule has 1 heterocycles. The first kappa shape index (κ1) is 12.0. The van der Waals surface area contributed by atoms with Gasteiger partial charge in [0.25, 0.3) is 0 Å². The zero-order chi connectivity index (χ0) is 11.5. The number of aromatic amines is 1. The average Bonchev–Trinajstić information content (AvgIpc) is 2.70. The first-order valence-corrected chi connectivity index (χ1v) is 6.73. The van der Waals surface area contributed by atoms with Crippen molar-refractivity contribution in [2.75, 3.05) is 0 Å². The van der Waals surface area contributed by atoms with Crippen molar-refractivity contribution >= 4 is 38.5 Å². The lowest BCUT2D eigenvalue weighted by Gasteiger charge is -2.10. The minimum Gasteiger partial charge on any atom is -0.349 e. The highest BCUT2D eigenvalue weighted by atomic mass is 127. The summed E-state index contributed by atoms with van der Waals surface area (Å²) >= 11 is 5.74. The van der Waals surface area contributed by atoms with Gasteiger partial charge < -0.3 is 4.98 Å². The summed E-state index contributed by atoms with van der Waals surface area (Å²) in [7, 11) is 0. The second kappa shape index (κ2) is 5.27. The maximum atomic E-state index is 12.9. The Kier molecular flexibility index (Phi) is 3.96. The normalized spacial score (nSPS) is 12.7. The second-order valence-electron chi connectivity index (χ2n) is 3.37. The maximum absolute atomic E-state index is 12.9. The van der Waals surface area contributed by atoms with E-state index in [1.807, 2.05) is 0 Å². The molecule has 84 valence electrons. The molecule has 0 fully saturated rings. The molecule has 0 spiro atoms. The van der Waals surface area contributed by atoms with Crippen LogP contribution in [0.25, 0.3) is 0 Å². The molecule has 0 bridgehead atoms. The van der Waals surface area contributed by atoms with Crippen molar-refractivity contribution in [3.05, 3.63) is 51.4 Å². The van der Waals surface area contributed by atoms with Gasteiger partial charge in [0, 0.05) is 27.2 Å². The molecule has 2 nitrogen and oxygen atoms in total. The predicted octanol–water partition coefficient (Wildman–Crippen LogP) is 3.83. The fourth-order valence-electron chi connectivity index (χ4n) is 1.44. The highest BCUT2D eigenvalue weighted by Crippen LogP contribution is 2.30. The van der Waals surface area contributed by atoms with Crippen molar-refractivity contribution in [2.45, 2.75) is 11.2 Å². The van der Waals surface area contributed by atoms with Crippen molar-refractivity contribution in [2.24, 2.45) is 0 Å². The van der Waals surface area contributed by atoms with E-state index in [4.69, 9.17) is 0 Å². The van der Waals surface area contributed by atoms with Crippen molar-refractivity contribution in [1.29, 1.82) is 0 Å². The molecule has 1 aromatic heterocycles. The van der Waals surface area contributed by atoms with Gasteiger partial charge in [-0.1, -0.05) is 22.0 Å². The standard InChI is InChI=1S/C11H9BrFIN2/c12-9(6-11-15-3-4-16-11)8-2-1-7(13)5-10(8)14/h1-5,9H,6H2,(H,15,16). The molecule has 0 aliphatic carbocycles. The molecule has 0 aliphatic rings. The molecule has 0 saturated carbocycles. The van der Waals surface area contributed by atoms with Crippen LogP contribution >= 0.6 is 38.5 Å². The molecule has 0 saturated heterocycles. The van der Waals surface area contributed by atoms with Gasteiger partial charge >= 0.3 is 0 Å². The maximum Gasteiger partial charge on any atom is 0.124 e. The summed E-state index contributed by atoms with van der Waals surface area (Å²) in [4.78, 5) is 7.36. The number of imidazole rings is 1. The molecule has 16 heavy (non-hydrogen) atoms. The van der Waals surface area contributed by atoms with Crippen LogP contribution < -0.4 is 0 Å². The van der Waals surface area contributed by atoms with Gasteiger partial charge in [-0.3, -0.25) is 0 Å². The van der Waals surface area contributed by atoms with Gasteiger partial charge in [0.1, 0.15) is 11.6 Å². The number of rotatable bonds is 3. The van der Waals surface area contributed by atoms with E-state index < -0.39 is 0 Å². The van der Waals surface area contributed by atoms with Crippen LogP contribution in [0.1, 0.15) is 16.2 Å². The first-order chi connectivity index (χ1) is 7.66. The number of aromatic nitrogens is 2. The summed E-state index contributed by atoms with van der Waals surface area (Å²) in [5.74, 6) is 0.716. The summed E-state index contributed by atoms with van der Waals surface area (Å²) < 4.78 is 13.9. The van der Waals surface area contributed by atoms with Crippen LogP contribution in [0, 0.1) is 9.39 Å².